The van der Waals surface area contributed by atoms with Gasteiger partial charge in [0, 0.05) is 5.69 Å². The SMILES string of the molecule is COc1ccc(NCC(=O)N/N=C(/C)c2ccc3ccccc3c2)cc1. The van der Waals surface area contributed by atoms with Crippen molar-refractivity contribution < 1.29 is 9.53 Å². The van der Waals surface area contributed by atoms with Crippen LogP contribution in [0.15, 0.2) is 71.8 Å². The molecule has 26 heavy (non-hydrogen) atoms. The molecule has 0 fully saturated rings. The van der Waals surface area contributed by atoms with Crippen molar-refractivity contribution in [2.24, 2.45) is 5.10 Å². The van der Waals surface area contributed by atoms with Crippen molar-refractivity contribution in [2.75, 3.05) is 19.0 Å². The molecule has 5 nitrogen and oxygen atoms in total. The lowest BCUT2D eigenvalue weighted by molar-refractivity contribution is -0.119. The maximum Gasteiger partial charge on any atom is 0.259 e. The number of carbonyl (C=O) groups excluding carboxylic acids is 1. The summed E-state index contributed by atoms with van der Waals surface area (Å²) < 4.78 is 5.10. The molecule has 0 aromatic heterocycles. The van der Waals surface area contributed by atoms with Gasteiger partial charge in [-0.05, 0) is 53.6 Å². The molecular formula is C21H21N3O2. The van der Waals surface area contributed by atoms with Crippen LogP contribution in [0.2, 0.25) is 0 Å². The van der Waals surface area contributed by atoms with Crippen LogP contribution in [0.4, 0.5) is 5.69 Å². The number of benzene rings is 3. The third kappa shape index (κ3) is 4.39. The van der Waals surface area contributed by atoms with Gasteiger partial charge in [0.25, 0.3) is 5.91 Å². The molecule has 5 heteroatoms. The number of ether oxygens (including phenoxy) is 1. The summed E-state index contributed by atoms with van der Waals surface area (Å²) in [7, 11) is 1.62. The highest BCUT2D eigenvalue weighted by Gasteiger charge is 2.03. The first kappa shape index (κ1) is 17.5. The van der Waals surface area contributed by atoms with Gasteiger partial charge in [0.1, 0.15) is 5.75 Å². The number of amides is 1. The van der Waals surface area contributed by atoms with E-state index in [0.717, 1.165) is 28.1 Å². The molecule has 132 valence electrons. The molecule has 0 radical (unpaired) electrons. The molecule has 0 saturated carbocycles. The van der Waals surface area contributed by atoms with Gasteiger partial charge >= 0.3 is 0 Å². The molecule has 2 N–H and O–H groups in total. The number of nitrogens with zero attached hydrogens (tertiary/aromatic N) is 1. The van der Waals surface area contributed by atoms with Gasteiger partial charge in [0.2, 0.25) is 0 Å². The van der Waals surface area contributed by atoms with Crippen LogP contribution in [-0.4, -0.2) is 25.3 Å². The molecule has 3 aromatic rings. The quantitative estimate of drug-likeness (QED) is 0.527. The normalized spacial score (nSPS) is 11.2. The smallest absolute Gasteiger partial charge is 0.259 e. The third-order valence-corrected chi connectivity index (χ3v) is 4.06. The Morgan fingerprint density at radius 1 is 1.00 bits per heavy atom. The highest BCUT2D eigenvalue weighted by atomic mass is 16.5. The van der Waals surface area contributed by atoms with Crippen molar-refractivity contribution in [1.82, 2.24) is 5.43 Å². The fourth-order valence-electron chi connectivity index (χ4n) is 2.56. The Kier molecular flexibility index (Phi) is 5.49. The number of methoxy groups -OCH3 is 1. The Labute approximate surface area is 152 Å². The average molecular weight is 347 g/mol. The Bertz CT molecular complexity index is 933. The molecule has 0 saturated heterocycles. The van der Waals surface area contributed by atoms with Crippen molar-refractivity contribution >= 4 is 28.1 Å². The predicted molar refractivity (Wildman–Crippen MR) is 106 cm³/mol. The summed E-state index contributed by atoms with van der Waals surface area (Å²) in [5.41, 5.74) is 5.16. The molecule has 0 aliphatic rings. The van der Waals surface area contributed by atoms with E-state index in [4.69, 9.17) is 4.74 Å². The first-order valence-electron chi connectivity index (χ1n) is 8.36. The zero-order valence-corrected chi connectivity index (χ0v) is 14.8. The largest absolute Gasteiger partial charge is 0.497 e. The molecule has 1 amide bonds. The van der Waals surface area contributed by atoms with E-state index < -0.39 is 0 Å². The molecule has 0 unspecified atom stereocenters. The monoisotopic (exact) mass is 347 g/mol. The second-order valence-electron chi connectivity index (χ2n) is 5.88. The molecule has 0 atom stereocenters. The third-order valence-electron chi connectivity index (χ3n) is 4.06. The summed E-state index contributed by atoms with van der Waals surface area (Å²) in [6.07, 6.45) is 0. The van der Waals surface area contributed by atoms with Gasteiger partial charge < -0.3 is 10.1 Å². The molecule has 0 aliphatic heterocycles. The lowest BCUT2D eigenvalue weighted by atomic mass is 10.0. The number of nitrogens with one attached hydrogen (secondary N) is 2. The summed E-state index contributed by atoms with van der Waals surface area (Å²) >= 11 is 0. The minimum absolute atomic E-state index is 0.140. The topological polar surface area (TPSA) is 62.7 Å². The highest BCUT2D eigenvalue weighted by Crippen LogP contribution is 2.16. The van der Waals surface area contributed by atoms with Crippen LogP contribution in [0, 0.1) is 0 Å². The van der Waals surface area contributed by atoms with Crippen LogP contribution >= 0.6 is 0 Å². The van der Waals surface area contributed by atoms with E-state index in [1.807, 2.05) is 49.4 Å². The van der Waals surface area contributed by atoms with Crippen LogP contribution in [0.1, 0.15) is 12.5 Å². The van der Waals surface area contributed by atoms with E-state index in [1.54, 1.807) is 7.11 Å². The van der Waals surface area contributed by atoms with Gasteiger partial charge in [-0.1, -0.05) is 36.4 Å². The zero-order chi connectivity index (χ0) is 18.4. The number of hydrogen-bond donors (Lipinski definition) is 2. The number of hydrazone groups is 1. The van der Waals surface area contributed by atoms with Gasteiger partial charge in [0.05, 0.1) is 19.4 Å². The van der Waals surface area contributed by atoms with Crippen LogP contribution in [-0.2, 0) is 4.79 Å². The molecule has 3 aromatic carbocycles. The van der Waals surface area contributed by atoms with Crippen molar-refractivity contribution in [2.45, 2.75) is 6.92 Å². The summed E-state index contributed by atoms with van der Waals surface area (Å²) in [6.45, 7) is 2.02. The minimum Gasteiger partial charge on any atom is -0.497 e. The van der Waals surface area contributed by atoms with Crippen molar-refractivity contribution in [3.8, 4) is 5.75 Å². The lowest BCUT2D eigenvalue weighted by Gasteiger charge is -2.07. The van der Waals surface area contributed by atoms with Gasteiger partial charge in [-0.3, -0.25) is 4.79 Å². The zero-order valence-electron chi connectivity index (χ0n) is 14.8. The minimum atomic E-state index is -0.207. The Balaban J connectivity index is 1.57. The number of anilines is 1. The summed E-state index contributed by atoms with van der Waals surface area (Å²) in [4.78, 5) is 12.0. The fraction of sp³-hybridized carbons (Fsp3) is 0.143. The lowest BCUT2D eigenvalue weighted by Crippen LogP contribution is -2.26. The van der Waals surface area contributed by atoms with Crippen LogP contribution in [0.3, 0.4) is 0 Å². The van der Waals surface area contributed by atoms with Gasteiger partial charge in [0.15, 0.2) is 0 Å². The first-order chi connectivity index (χ1) is 12.7. The maximum atomic E-state index is 12.0. The molecule has 0 aliphatic carbocycles. The molecular weight excluding hydrogens is 326 g/mol. The second kappa shape index (κ2) is 8.16. The van der Waals surface area contributed by atoms with Gasteiger partial charge in [-0.2, -0.15) is 5.10 Å². The van der Waals surface area contributed by atoms with Crippen molar-refractivity contribution in [1.29, 1.82) is 0 Å². The van der Waals surface area contributed by atoms with Crippen LogP contribution < -0.4 is 15.5 Å². The fourth-order valence-corrected chi connectivity index (χ4v) is 2.56. The second-order valence-corrected chi connectivity index (χ2v) is 5.88. The average Bonchev–Trinajstić information content (AvgIpc) is 2.70. The maximum absolute atomic E-state index is 12.0. The van der Waals surface area contributed by atoms with Crippen LogP contribution in [0.5, 0.6) is 5.75 Å². The van der Waals surface area contributed by atoms with E-state index in [9.17, 15) is 4.79 Å². The van der Waals surface area contributed by atoms with Gasteiger partial charge in [-0.15, -0.1) is 0 Å². The summed E-state index contributed by atoms with van der Waals surface area (Å²) in [5.74, 6) is 0.566. The standard InChI is InChI=1S/C21H21N3O2/c1-15(17-8-7-16-5-3-4-6-18(16)13-17)23-24-21(25)14-22-19-9-11-20(26-2)12-10-19/h3-13,22H,14H2,1-2H3,(H,24,25)/b23-15-. The number of carbonyl (C=O) groups is 1. The molecule has 3 rings (SSSR count). The molecule has 0 bridgehead atoms. The Hall–Kier alpha value is -3.34. The predicted octanol–water partition coefficient (Wildman–Crippen LogP) is 3.80. The molecule has 0 spiro atoms. The van der Waals surface area contributed by atoms with E-state index in [-0.39, 0.29) is 12.5 Å². The summed E-state index contributed by atoms with van der Waals surface area (Å²) in [5, 5.41) is 9.57. The number of rotatable bonds is 6. The number of hydrogen-bond acceptors (Lipinski definition) is 4. The summed E-state index contributed by atoms with van der Waals surface area (Å²) in [6, 6.07) is 21.7. The first-order valence-corrected chi connectivity index (χ1v) is 8.36. The highest BCUT2D eigenvalue weighted by molar-refractivity contribution is 6.02. The molecule has 0 heterocycles. The van der Waals surface area contributed by atoms with Crippen molar-refractivity contribution in [3.05, 3.63) is 72.3 Å². The Morgan fingerprint density at radius 2 is 1.73 bits per heavy atom. The van der Waals surface area contributed by atoms with Crippen molar-refractivity contribution in [3.63, 3.8) is 0 Å². The van der Waals surface area contributed by atoms with Crippen LogP contribution in [0.25, 0.3) is 10.8 Å². The van der Waals surface area contributed by atoms with E-state index >= 15 is 0 Å². The number of fused-ring (bicyclic) bond motifs is 1. The van der Waals surface area contributed by atoms with E-state index in [2.05, 4.69) is 40.1 Å². The van der Waals surface area contributed by atoms with E-state index in [0.29, 0.717) is 0 Å². The Morgan fingerprint density at radius 3 is 2.46 bits per heavy atom. The van der Waals surface area contributed by atoms with E-state index in [1.165, 1.54) is 5.39 Å². The van der Waals surface area contributed by atoms with Gasteiger partial charge in [-0.25, -0.2) is 5.43 Å².